The third-order valence-corrected chi connectivity index (χ3v) is 5.30. The number of aromatic amines is 1. The standard InChI is InChI=1S/C19H21N3O3S/c1-5-25-18(24)17-11(2)16(12(3)20-17)15(23)10-26-19-21-13-8-6-7-9-14(13)22(19)4/h6-9,20H,5,10H2,1-4H3. The first-order chi connectivity index (χ1) is 12.4. The van der Waals surface area contributed by atoms with Crippen molar-refractivity contribution in [3.05, 3.63) is 46.8 Å². The predicted molar refractivity (Wildman–Crippen MR) is 102 cm³/mol. The van der Waals surface area contributed by atoms with Crippen molar-refractivity contribution in [2.45, 2.75) is 25.9 Å². The van der Waals surface area contributed by atoms with E-state index < -0.39 is 5.97 Å². The van der Waals surface area contributed by atoms with Crippen molar-refractivity contribution >= 4 is 34.5 Å². The summed E-state index contributed by atoms with van der Waals surface area (Å²) in [6.07, 6.45) is 0. The summed E-state index contributed by atoms with van der Waals surface area (Å²) in [5.41, 5.74) is 4.15. The SMILES string of the molecule is CCOC(=O)c1[nH]c(C)c(C(=O)CSc2nc3ccccc3n2C)c1C. The molecule has 0 aliphatic rings. The zero-order chi connectivity index (χ0) is 18.8. The molecule has 136 valence electrons. The van der Waals surface area contributed by atoms with Crippen LogP contribution in [0.1, 0.15) is 39.0 Å². The van der Waals surface area contributed by atoms with Crippen molar-refractivity contribution in [3.8, 4) is 0 Å². The molecule has 3 aromatic rings. The Morgan fingerprint density at radius 1 is 1.27 bits per heavy atom. The van der Waals surface area contributed by atoms with Crippen molar-refractivity contribution in [1.82, 2.24) is 14.5 Å². The third-order valence-electron chi connectivity index (χ3n) is 4.27. The molecule has 0 bridgehead atoms. The number of ether oxygens (including phenoxy) is 1. The molecule has 0 saturated heterocycles. The summed E-state index contributed by atoms with van der Waals surface area (Å²) in [5.74, 6) is -0.224. The maximum Gasteiger partial charge on any atom is 0.355 e. The lowest BCUT2D eigenvalue weighted by Crippen LogP contribution is -2.08. The summed E-state index contributed by atoms with van der Waals surface area (Å²) in [6.45, 7) is 5.61. The van der Waals surface area contributed by atoms with E-state index in [4.69, 9.17) is 4.74 Å². The van der Waals surface area contributed by atoms with Crippen LogP contribution in [-0.2, 0) is 11.8 Å². The van der Waals surface area contributed by atoms with Crippen LogP contribution in [0.5, 0.6) is 0 Å². The number of aromatic nitrogens is 3. The van der Waals surface area contributed by atoms with Crippen LogP contribution in [0.15, 0.2) is 29.4 Å². The maximum atomic E-state index is 12.7. The minimum atomic E-state index is -0.435. The van der Waals surface area contributed by atoms with Crippen molar-refractivity contribution in [3.63, 3.8) is 0 Å². The van der Waals surface area contributed by atoms with Crippen molar-refractivity contribution < 1.29 is 14.3 Å². The van der Waals surface area contributed by atoms with Gasteiger partial charge in [0.1, 0.15) is 5.69 Å². The average Bonchev–Trinajstić information content (AvgIpc) is 3.10. The molecule has 0 amide bonds. The molecule has 7 heteroatoms. The second-order valence-corrected chi connectivity index (χ2v) is 6.94. The minimum Gasteiger partial charge on any atom is -0.461 e. The van der Waals surface area contributed by atoms with E-state index in [1.807, 2.05) is 35.9 Å². The Morgan fingerprint density at radius 3 is 2.69 bits per heavy atom. The van der Waals surface area contributed by atoms with Gasteiger partial charge in [0.25, 0.3) is 0 Å². The van der Waals surface area contributed by atoms with Gasteiger partial charge < -0.3 is 14.3 Å². The average molecular weight is 371 g/mol. The van der Waals surface area contributed by atoms with Crippen LogP contribution in [-0.4, -0.2) is 38.6 Å². The molecule has 0 fully saturated rings. The second kappa shape index (κ2) is 7.37. The maximum absolute atomic E-state index is 12.7. The van der Waals surface area contributed by atoms with E-state index in [0.29, 0.717) is 29.1 Å². The molecule has 2 aromatic heterocycles. The number of esters is 1. The highest BCUT2D eigenvalue weighted by atomic mass is 32.2. The van der Waals surface area contributed by atoms with Crippen molar-refractivity contribution in [1.29, 1.82) is 0 Å². The van der Waals surface area contributed by atoms with E-state index in [0.717, 1.165) is 16.2 Å². The summed E-state index contributed by atoms with van der Waals surface area (Å²) >= 11 is 1.39. The Balaban J connectivity index is 1.80. The normalized spacial score (nSPS) is 11.1. The first-order valence-corrected chi connectivity index (χ1v) is 9.36. The Hall–Kier alpha value is -2.54. The summed E-state index contributed by atoms with van der Waals surface area (Å²) in [7, 11) is 1.94. The Labute approximate surface area is 155 Å². The van der Waals surface area contributed by atoms with Crippen LogP contribution in [0.25, 0.3) is 11.0 Å². The van der Waals surface area contributed by atoms with Crippen LogP contribution in [0, 0.1) is 13.8 Å². The van der Waals surface area contributed by atoms with Crippen LogP contribution in [0.2, 0.25) is 0 Å². The van der Waals surface area contributed by atoms with Crippen LogP contribution < -0.4 is 0 Å². The Kier molecular flexibility index (Phi) is 5.18. The third kappa shape index (κ3) is 3.26. The molecule has 0 radical (unpaired) electrons. The lowest BCUT2D eigenvalue weighted by atomic mass is 10.1. The Bertz CT molecular complexity index is 987. The lowest BCUT2D eigenvalue weighted by Gasteiger charge is -2.04. The first kappa shape index (κ1) is 18.3. The van der Waals surface area contributed by atoms with Gasteiger partial charge in [-0.2, -0.15) is 0 Å². The number of rotatable bonds is 6. The van der Waals surface area contributed by atoms with E-state index in [1.165, 1.54) is 11.8 Å². The lowest BCUT2D eigenvalue weighted by molar-refractivity contribution is 0.0519. The second-order valence-electron chi connectivity index (χ2n) is 6.00. The van der Waals surface area contributed by atoms with E-state index in [-0.39, 0.29) is 11.5 Å². The number of hydrogen-bond acceptors (Lipinski definition) is 5. The zero-order valence-electron chi connectivity index (χ0n) is 15.3. The smallest absolute Gasteiger partial charge is 0.355 e. The van der Waals surface area contributed by atoms with E-state index >= 15 is 0 Å². The largest absolute Gasteiger partial charge is 0.461 e. The number of H-pyrrole nitrogens is 1. The molecule has 0 aliphatic heterocycles. The number of hydrogen-bond donors (Lipinski definition) is 1. The fourth-order valence-corrected chi connectivity index (χ4v) is 3.89. The van der Waals surface area contributed by atoms with Crippen LogP contribution in [0.4, 0.5) is 0 Å². The number of para-hydroxylation sites is 2. The van der Waals surface area contributed by atoms with Crippen LogP contribution in [0.3, 0.4) is 0 Å². The summed E-state index contributed by atoms with van der Waals surface area (Å²) in [6, 6.07) is 7.86. The summed E-state index contributed by atoms with van der Waals surface area (Å²) < 4.78 is 7.02. The van der Waals surface area contributed by atoms with Crippen molar-refractivity contribution in [2.24, 2.45) is 7.05 Å². The van der Waals surface area contributed by atoms with Gasteiger partial charge in [-0.05, 0) is 38.5 Å². The number of carbonyl (C=O) groups is 2. The number of ketones is 1. The zero-order valence-corrected chi connectivity index (χ0v) is 16.1. The number of aryl methyl sites for hydroxylation is 2. The monoisotopic (exact) mass is 371 g/mol. The molecule has 1 N–H and O–H groups in total. The predicted octanol–water partition coefficient (Wildman–Crippen LogP) is 3.67. The molecular formula is C19H21N3O3S. The van der Waals surface area contributed by atoms with Gasteiger partial charge in [0.2, 0.25) is 0 Å². The van der Waals surface area contributed by atoms with E-state index in [1.54, 1.807) is 20.8 Å². The number of imidazole rings is 1. The van der Waals surface area contributed by atoms with Gasteiger partial charge in [0.15, 0.2) is 10.9 Å². The number of carbonyl (C=O) groups excluding carboxylic acids is 2. The van der Waals surface area contributed by atoms with Gasteiger partial charge >= 0.3 is 5.97 Å². The molecular weight excluding hydrogens is 350 g/mol. The molecule has 0 aliphatic carbocycles. The molecule has 3 rings (SSSR count). The topological polar surface area (TPSA) is 77.0 Å². The number of nitrogens with one attached hydrogen (secondary N) is 1. The molecule has 0 saturated carbocycles. The molecule has 2 heterocycles. The number of fused-ring (bicyclic) bond motifs is 1. The fraction of sp³-hybridized carbons (Fsp3) is 0.316. The van der Waals surface area contributed by atoms with Gasteiger partial charge in [0, 0.05) is 18.3 Å². The first-order valence-electron chi connectivity index (χ1n) is 8.37. The number of thioether (sulfide) groups is 1. The highest BCUT2D eigenvalue weighted by Gasteiger charge is 2.23. The molecule has 0 spiro atoms. The molecule has 1 aromatic carbocycles. The number of benzene rings is 1. The fourth-order valence-electron chi connectivity index (χ4n) is 3.03. The molecule has 0 unspecified atom stereocenters. The van der Waals surface area contributed by atoms with Crippen LogP contribution >= 0.6 is 11.8 Å². The summed E-state index contributed by atoms with van der Waals surface area (Å²) in [5, 5.41) is 0.788. The number of nitrogens with zero attached hydrogens (tertiary/aromatic N) is 2. The van der Waals surface area contributed by atoms with Gasteiger partial charge in [-0.15, -0.1) is 0 Å². The van der Waals surface area contributed by atoms with Gasteiger partial charge in [0.05, 0.1) is 23.4 Å². The highest BCUT2D eigenvalue weighted by molar-refractivity contribution is 7.99. The van der Waals surface area contributed by atoms with Gasteiger partial charge in [-0.1, -0.05) is 23.9 Å². The quantitative estimate of drug-likeness (QED) is 0.406. The van der Waals surface area contributed by atoms with Gasteiger partial charge in [-0.25, -0.2) is 9.78 Å². The minimum absolute atomic E-state index is 0.0381. The summed E-state index contributed by atoms with van der Waals surface area (Å²) in [4.78, 5) is 32.3. The Morgan fingerprint density at radius 2 is 2.00 bits per heavy atom. The van der Waals surface area contributed by atoms with E-state index in [9.17, 15) is 9.59 Å². The highest BCUT2D eigenvalue weighted by Crippen LogP contribution is 2.25. The van der Waals surface area contributed by atoms with Crippen molar-refractivity contribution in [2.75, 3.05) is 12.4 Å². The van der Waals surface area contributed by atoms with E-state index in [2.05, 4.69) is 9.97 Å². The molecule has 26 heavy (non-hydrogen) atoms. The molecule has 0 atom stereocenters. The number of Topliss-reactive ketones (excluding diaryl/α,β-unsaturated/α-hetero) is 1. The molecule has 6 nitrogen and oxygen atoms in total. The van der Waals surface area contributed by atoms with Gasteiger partial charge in [-0.3, -0.25) is 4.79 Å².